The summed E-state index contributed by atoms with van der Waals surface area (Å²) in [5.74, 6) is 3.38. The van der Waals surface area contributed by atoms with Gasteiger partial charge in [-0.1, -0.05) is 101 Å². The first-order valence-electron chi connectivity index (χ1n) is 10.4. The van der Waals surface area contributed by atoms with Crippen LogP contribution >= 0.6 is 11.6 Å². The molecule has 0 aromatic heterocycles. The van der Waals surface area contributed by atoms with E-state index in [0.29, 0.717) is 33.2 Å². The molecule has 0 radical (unpaired) electrons. The van der Waals surface area contributed by atoms with Crippen LogP contribution in [0.15, 0.2) is 16.5 Å². The lowest BCUT2D eigenvalue weighted by Crippen LogP contribution is -2.45. The zero-order valence-corrected chi connectivity index (χ0v) is 22.2. The van der Waals surface area contributed by atoms with Crippen LogP contribution in [0.3, 0.4) is 0 Å². The molecule has 0 bridgehead atoms. The van der Waals surface area contributed by atoms with E-state index in [1.54, 1.807) is 0 Å². The molecule has 0 N–H and O–H groups in total. The molecule has 0 aliphatic carbocycles. The molecule has 0 fully saturated rings. The van der Waals surface area contributed by atoms with Crippen molar-refractivity contribution in [3.8, 4) is 11.5 Å². The van der Waals surface area contributed by atoms with Gasteiger partial charge in [0, 0.05) is 10.7 Å². The second kappa shape index (κ2) is 10.4. The highest BCUT2D eigenvalue weighted by Gasteiger charge is 2.46. The van der Waals surface area contributed by atoms with Gasteiger partial charge in [-0.2, -0.15) is 0 Å². The average molecular weight is 411 g/mol. The summed E-state index contributed by atoms with van der Waals surface area (Å²) >= 11 is 6.91. The van der Waals surface area contributed by atoms with E-state index in [-0.39, 0.29) is 0 Å². The van der Waals surface area contributed by atoms with Crippen molar-refractivity contribution in [1.82, 2.24) is 0 Å². The largest absolute Gasteiger partial charge is 0.146 e. The molecule has 0 aromatic carbocycles. The van der Waals surface area contributed by atoms with Crippen LogP contribution in [0.2, 0.25) is 33.2 Å². The highest BCUT2D eigenvalue weighted by Crippen LogP contribution is 2.47. The molecule has 0 saturated carbocycles. The van der Waals surface area contributed by atoms with Crippen LogP contribution in [0.25, 0.3) is 0 Å². The first-order chi connectivity index (χ1) is 11.8. The lowest BCUT2D eigenvalue weighted by Gasteiger charge is -2.41. The van der Waals surface area contributed by atoms with Gasteiger partial charge in [0.05, 0.1) is 0 Å². The minimum absolute atomic E-state index is 0.597. The molecule has 0 nitrogen and oxygen atoms in total. The third-order valence-electron chi connectivity index (χ3n) is 6.67. The Balaban J connectivity index is 6.19. The first-order valence-corrected chi connectivity index (χ1v) is 15.3. The Morgan fingerprint density at radius 3 is 1.27 bits per heavy atom. The van der Waals surface area contributed by atoms with Crippen molar-refractivity contribution >= 4 is 27.7 Å². The Labute approximate surface area is 171 Å². The highest BCUT2D eigenvalue weighted by atomic mass is 35.5. The lowest BCUT2D eigenvalue weighted by molar-refractivity contribution is 0.831. The summed E-state index contributed by atoms with van der Waals surface area (Å²) in [5.41, 5.74) is 10.9. The number of hydrogen-bond acceptors (Lipinski definition) is 0. The first kappa shape index (κ1) is 25.8. The highest BCUT2D eigenvalue weighted by molar-refractivity contribution is 6.96. The Bertz CT molecular complexity index is 521. The Hall–Kier alpha value is -0.196. The van der Waals surface area contributed by atoms with E-state index in [0.717, 1.165) is 4.66 Å². The summed E-state index contributed by atoms with van der Waals surface area (Å²) in [4.78, 5) is 0. The molecule has 0 saturated heterocycles. The van der Waals surface area contributed by atoms with E-state index in [1.165, 1.54) is 0 Å². The third kappa shape index (κ3) is 4.99. The molecule has 0 amide bonds. The van der Waals surface area contributed by atoms with Gasteiger partial charge in [0.2, 0.25) is 0 Å². The molecule has 0 unspecified atom stereocenters. The molecular weight excluding hydrogens is 368 g/mol. The molecule has 0 aliphatic rings. The maximum atomic E-state index is 6.91. The van der Waals surface area contributed by atoms with Crippen molar-refractivity contribution < 1.29 is 0 Å². The lowest BCUT2D eigenvalue weighted by atomic mass is 10.5. The summed E-state index contributed by atoms with van der Waals surface area (Å²) in [7, 11) is -3.49. The van der Waals surface area contributed by atoms with Gasteiger partial charge < -0.3 is 0 Å². The van der Waals surface area contributed by atoms with Crippen LogP contribution in [0, 0.1) is 11.5 Å². The van der Waals surface area contributed by atoms with Gasteiger partial charge in [0.15, 0.2) is 0 Å². The second-order valence-corrected chi connectivity index (χ2v) is 21.8. The summed E-state index contributed by atoms with van der Waals surface area (Å²) in [6.07, 6.45) is 1.92. The molecule has 150 valence electrons. The Morgan fingerprint density at radius 2 is 1.00 bits per heavy atom. The maximum absolute atomic E-state index is 6.91. The minimum Gasteiger partial charge on any atom is -0.125 e. The number of hydrogen-bond donors (Lipinski definition) is 0. The van der Waals surface area contributed by atoms with E-state index >= 15 is 0 Å². The Kier molecular flexibility index (Phi) is 10.3. The van der Waals surface area contributed by atoms with E-state index in [1.807, 2.05) is 6.08 Å². The third-order valence-corrected chi connectivity index (χ3v) is 20.7. The molecule has 0 spiro atoms. The van der Waals surface area contributed by atoms with Gasteiger partial charge in [0.25, 0.3) is 0 Å². The van der Waals surface area contributed by atoms with E-state index in [4.69, 9.17) is 11.6 Å². The second-order valence-electron chi connectivity index (χ2n) is 9.67. The quantitative estimate of drug-likeness (QED) is 0.223. The number of halogens is 1. The molecule has 0 atom stereocenters. The number of allylic oxidation sites excluding steroid dienone is 1. The smallest absolute Gasteiger partial charge is 0.125 e. The van der Waals surface area contributed by atoms with Crippen LogP contribution in [-0.2, 0) is 0 Å². The van der Waals surface area contributed by atoms with Gasteiger partial charge in [-0.15, -0.1) is 11.3 Å². The standard InChI is InChI=1S/C23H43ClSi2/c1-17(2)25(18(3)4,19(5)6)16-14-13-15-23(24)26(20(7)8,21(9)10)22(11)12/h13,17-22H,1-12H3. The van der Waals surface area contributed by atoms with Gasteiger partial charge in [-0.3, -0.25) is 0 Å². The maximum Gasteiger partial charge on any atom is 0.146 e. The zero-order chi connectivity index (χ0) is 20.9. The predicted molar refractivity (Wildman–Crippen MR) is 127 cm³/mol. The van der Waals surface area contributed by atoms with Crippen molar-refractivity contribution in [3.05, 3.63) is 16.5 Å². The van der Waals surface area contributed by atoms with E-state index in [9.17, 15) is 0 Å². The Morgan fingerprint density at radius 1 is 0.654 bits per heavy atom. The van der Waals surface area contributed by atoms with E-state index in [2.05, 4.69) is 100 Å². The fraction of sp³-hybridized carbons (Fsp3) is 0.783. The molecule has 0 aromatic rings. The molecule has 0 heterocycles. The minimum atomic E-state index is -1.81. The topological polar surface area (TPSA) is 0 Å². The van der Waals surface area contributed by atoms with Gasteiger partial charge >= 0.3 is 0 Å². The predicted octanol–water partition coefficient (Wildman–Crippen LogP) is 8.70. The molecule has 0 aliphatic heterocycles. The van der Waals surface area contributed by atoms with Crippen molar-refractivity contribution in [3.63, 3.8) is 0 Å². The summed E-state index contributed by atoms with van der Waals surface area (Å²) in [5, 5.41) is 0. The van der Waals surface area contributed by atoms with Crippen molar-refractivity contribution in [2.45, 2.75) is 116 Å². The van der Waals surface area contributed by atoms with Crippen LogP contribution in [0.5, 0.6) is 0 Å². The normalized spacial score (nSPS) is 12.9. The summed E-state index contributed by atoms with van der Waals surface area (Å²) in [6, 6.07) is 0. The fourth-order valence-corrected chi connectivity index (χ4v) is 18.6. The van der Waals surface area contributed by atoms with Crippen LogP contribution < -0.4 is 0 Å². The van der Waals surface area contributed by atoms with Gasteiger partial charge in [-0.25, -0.2) is 0 Å². The molecule has 26 heavy (non-hydrogen) atoms. The van der Waals surface area contributed by atoms with Crippen molar-refractivity contribution in [2.24, 2.45) is 0 Å². The van der Waals surface area contributed by atoms with Crippen LogP contribution in [0.1, 0.15) is 83.1 Å². The monoisotopic (exact) mass is 410 g/mol. The average Bonchev–Trinajstić information content (AvgIpc) is 2.45. The van der Waals surface area contributed by atoms with Crippen molar-refractivity contribution in [1.29, 1.82) is 0 Å². The number of rotatable bonds is 7. The fourth-order valence-electron chi connectivity index (χ4n) is 5.58. The zero-order valence-electron chi connectivity index (χ0n) is 19.4. The SMILES string of the molecule is CC(C)[Si](C#CC=C=C(Cl)[Si](C(C)C)(C(C)C)C(C)C)(C(C)C)C(C)C. The van der Waals surface area contributed by atoms with Gasteiger partial charge in [0.1, 0.15) is 16.1 Å². The molecular formula is C23H43ClSi2. The summed E-state index contributed by atoms with van der Waals surface area (Å²) in [6.45, 7) is 28.1. The van der Waals surface area contributed by atoms with Gasteiger partial charge in [-0.05, 0) is 33.2 Å². The van der Waals surface area contributed by atoms with Crippen LogP contribution in [-0.4, -0.2) is 16.1 Å². The summed E-state index contributed by atoms with van der Waals surface area (Å²) < 4.78 is 0.970. The van der Waals surface area contributed by atoms with E-state index < -0.39 is 16.1 Å². The molecule has 0 rings (SSSR count). The van der Waals surface area contributed by atoms with Crippen LogP contribution in [0.4, 0.5) is 0 Å². The molecule has 3 heteroatoms. The van der Waals surface area contributed by atoms with Crippen molar-refractivity contribution in [2.75, 3.05) is 0 Å².